The molecule has 15 heavy (non-hydrogen) atoms. The van der Waals surface area contributed by atoms with Gasteiger partial charge in [0.2, 0.25) is 0 Å². The highest BCUT2D eigenvalue weighted by atomic mass is 14.2. The number of hydrogen-bond donors (Lipinski definition) is 0. The Bertz CT molecular complexity index is 129. The van der Waals surface area contributed by atoms with Crippen molar-refractivity contribution in [1.29, 1.82) is 0 Å². The van der Waals surface area contributed by atoms with Crippen molar-refractivity contribution in [3.63, 3.8) is 0 Å². The molecule has 0 aromatic carbocycles. The highest BCUT2D eigenvalue weighted by Gasteiger charge is 2.10. The first-order valence-electron chi connectivity index (χ1n) is 6.75. The second-order valence-corrected chi connectivity index (χ2v) is 6.26. The maximum absolute atomic E-state index is 3.88. The Balaban J connectivity index is 3.29. The zero-order valence-electron chi connectivity index (χ0n) is 11.4. The predicted molar refractivity (Wildman–Crippen MR) is 70.9 cm³/mol. The van der Waals surface area contributed by atoms with Gasteiger partial charge in [0.15, 0.2) is 0 Å². The summed E-state index contributed by atoms with van der Waals surface area (Å²) >= 11 is 0. The summed E-state index contributed by atoms with van der Waals surface area (Å²) in [4.78, 5) is 0. The van der Waals surface area contributed by atoms with E-state index in [0.29, 0.717) is 5.41 Å². The van der Waals surface area contributed by atoms with Gasteiger partial charge in [-0.2, -0.15) is 0 Å². The van der Waals surface area contributed by atoms with E-state index < -0.39 is 0 Å². The minimum absolute atomic E-state index is 0.521. The van der Waals surface area contributed by atoms with E-state index in [-0.39, 0.29) is 0 Å². The van der Waals surface area contributed by atoms with Crippen molar-refractivity contribution in [3.8, 4) is 0 Å². The molecular formula is C15H31. The van der Waals surface area contributed by atoms with Crippen LogP contribution in [-0.4, -0.2) is 0 Å². The van der Waals surface area contributed by atoms with Gasteiger partial charge in [-0.3, -0.25) is 0 Å². The Morgan fingerprint density at radius 2 is 1.53 bits per heavy atom. The number of hydrogen-bond acceptors (Lipinski definition) is 0. The minimum Gasteiger partial charge on any atom is -0.0625 e. The lowest BCUT2D eigenvalue weighted by atomic mass is 9.87. The van der Waals surface area contributed by atoms with Gasteiger partial charge in [0, 0.05) is 0 Å². The summed E-state index contributed by atoms with van der Waals surface area (Å²) in [6.45, 7) is 13.3. The molecule has 0 N–H and O–H groups in total. The summed E-state index contributed by atoms with van der Waals surface area (Å²) in [5, 5.41) is 0. The average molecular weight is 211 g/mol. The van der Waals surface area contributed by atoms with Gasteiger partial charge in [-0.25, -0.2) is 0 Å². The molecule has 0 bridgehead atoms. The maximum atomic E-state index is 3.88. The van der Waals surface area contributed by atoms with Gasteiger partial charge in [0.25, 0.3) is 0 Å². The summed E-state index contributed by atoms with van der Waals surface area (Å²) in [6.07, 6.45) is 10.8. The van der Waals surface area contributed by atoms with Gasteiger partial charge in [-0.15, -0.1) is 0 Å². The van der Waals surface area contributed by atoms with Crippen LogP contribution < -0.4 is 0 Å². The molecule has 0 aromatic rings. The Morgan fingerprint density at radius 3 is 2.07 bits per heavy atom. The van der Waals surface area contributed by atoms with E-state index in [1.807, 2.05) is 0 Å². The van der Waals surface area contributed by atoms with E-state index in [1.54, 1.807) is 0 Å². The van der Waals surface area contributed by atoms with Crippen LogP contribution in [0.2, 0.25) is 0 Å². The third-order valence-corrected chi connectivity index (χ3v) is 3.07. The molecule has 0 nitrogen and oxygen atoms in total. The molecule has 0 aliphatic heterocycles. The predicted octanol–water partition coefficient (Wildman–Crippen LogP) is 5.62. The SMILES string of the molecule is [CH2]CCCCCC(C)CCCC(C)(C)C. The first kappa shape index (κ1) is 15.0. The van der Waals surface area contributed by atoms with Gasteiger partial charge in [0.05, 0.1) is 0 Å². The monoisotopic (exact) mass is 211 g/mol. The van der Waals surface area contributed by atoms with Gasteiger partial charge in [-0.05, 0) is 17.8 Å². The van der Waals surface area contributed by atoms with Crippen LogP contribution in [-0.2, 0) is 0 Å². The molecule has 0 heteroatoms. The quantitative estimate of drug-likeness (QED) is 0.457. The van der Waals surface area contributed by atoms with Crippen LogP contribution >= 0.6 is 0 Å². The van der Waals surface area contributed by atoms with Crippen molar-refractivity contribution < 1.29 is 0 Å². The smallest absolute Gasteiger partial charge is 0.0383 e. The lowest BCUT2D eigenvalue weighted by molar-refractivity contribution is 0.336. The summed E-state index contributed by atoms with van der Waals surface area (Å²) in [5.74, 6) is 0.928. The van der Waals surface area contributed by atoms with Crippen molar-refractivity contribution in [1.82, 2.24) is 0 Å². The van der Waals surface area contributed by atoms with Gasteiger partial charge >= 0.3 is 0 Å². The Hall–Kier alpha value is 0. The molecule has 0 amide bonds. The second-order valence-electron chi connectivity index (χ2n) is 6.26. The molecule has 0 saturated carbocycles. The summed E-state index contributed by atoms with van der Waals surface area (Å²) in [5.41, 5.74) is 0.521. The van der Waals surface area contributed by atoms with Crippen LogP contribution in [0.5, 0.6) is 0 Å². The van der Waals surface area contributed by atoms with E-state index in [9.17, 15) is 0 Å². The molecule has 0 spiro atoms. The molecule has 0 aliphatic rings. The topological polar surface area (TPSA) is 0 Å². The van der Waals surface area contributed by atoms with Crippen LogP contribution in [0.3, 0.4) is 0 Å². The standard InChI is InChI=1S/C15H31/c1-6-7-8-9-11-14(2)12-10-13-15(3,4)5/h14H,1,6-13H2,2-5H3. The molecule has 91 valence electrons. The van der Waals surface area contributed by atoms with E-state index >= 15 is 0 Å². The first-order chi connectivity index (χ1) is 6.95. The van der Waals surface area contributed by atoms with Gasteiger partial charge < -0.3 is 0 Å². The van der Waals surface area contributed by atoms with E-state index in [2.05, 4.69) is 34.6 Å². The fourth-order valence-corrected chi connectivity index (χ4v) is 1.97. The number of rotatable bonds is 8. The molecule has 0 aliphatic carbocycles. The van der Waals surface area contributed by atoms with E-state index in [0.717, 1.165) is 12.3 Å². The first-order valence-corrected chi connectivity index (χ1v) is 6.75. The third-order valence-electron chi connectivity index (χ3n) is 3.07. The number of unbranched alkanes of at least 4 members (excludes halogenated alkanes) is 3. The zero-order chi connectivity index (χ0) is 11.7. The Labute approximate surface area is 97.8 Å². The second kappa shape index (κ2) is 8.19. The van der Waals surface area contributed by atoms with Crippen molar-refractivity contribution in [3.05, 3.63) is 6.92 Å². The molecular weight excluding hydrogens is 180 g/mol. The lowest BCUT2D eigenvalue weighted by Crippen LogP contribution is -2.05. The largest absolute Gasteiger partial charge is 0.0625 e. The highest BCUT2D eigenvalue weighted by Crippen LogP contribution is 2.24. The van der Waals surface area contributed by atoms with Crippen molar-refractivity contribution in [2.45, 2.75) is 79.1 Å². The Kier molecular flexibility index (Phi) is 8.19. The van der Waals surface area contributed by atoms with Crippen LogP contribution in [0.1, 0.15) is 79.1 Å². The van der Waals surface area contributed by atoms with Crippen LogP contribution in [0.15, 0.2) is 0 Å². The maximum Gasteiger partial charge on any atom is -0.0383 e. The molecule has 0 fully saturated rings. The van der Waals surface area contributed by atoms with Crippen molar-refractivity contribution in [2.75, 3.05) is 0 Å². The van der Waals surface area contributed by atoms with E-state index in [1.165, 1.54) is 44.9 Å². The molecule has 0 saturated heterocycles. The van der Waals surface area contributed by atoms with Crippen LogP contribution in [0, 0.1) is 18.3 Å². The van der Waals surface area contributed by atoms with E-state index in [4.69, 9.17) is 0 Å². The fourth-order valence-electron chi connectivity index (χ4n) is 1.97. The minimum atomic E-state index is 0.521. The molecule has 0 heterocycles. The normalized spacial score (nSPS) is 14.2. The molecule has 1 unspecified atom stereocenters. The molecule has 0 rings (SSSR count). The molecule has 0 aromatic heterocycles. The van der Waals surface area contributed by atoms with Crippen LogP contribution in [0.25, 0.3) is 0 Å². The summed E-state index contributed by atoms with van der Waals surface area (Å²) < 4.78 is 0. The molecule has 1 atom stereocenters. The average Bonchev–Trinajstić information content (AvgIpc) is 2.10. The molecule has 1 radical (unpaired) electrons. The Morgan fingerprint density at radius 1 is 0.933 bits per heavy atom. The zero-order valence-corrected chi connectivity index (χ0v) is 11.4. The third kappa shape index (κ3) is 11.9. The summed E-state index contributed by atoms with van der Waals surface area (Å²) in [6, 6.07) is 0. The lowest BCUT2D eigenvalue weighted by Gasteiger charge is -2.19. The van der Waals surface area contributed by atoms with Crippen LogP contribution in [0.4, 0.5) is 0 Å². The van der Waals surface area contributed by atoms with Gasteiger partial charge in [0.1, 0.15) is 0 Å². The van der Waals surface area contributed by atoms with Gasteiger partial charge in [-0.1, -0.05) is 79.6 Å². The fraction of sp³-hybridized carbons (Fsp3) is 0.933. The van der Waals surface area contributed by atoms with Crippen molar-refractivity contribution in [2.24, 2.45) is 11.3 Å². The highest BCUT2D eigenvalue weighted by molar-refractivity contribution is 4.63. The summed E-state index contributed by atoms with van der Waals surface area (Å²) in [7, 11) is 0. The van der Waals surface area contributed by atoms with Crippen molar-refractivity contribution >= 4 is 0 Å².